The van der Waals surface area contributed by atoms with Gasteiger partial charge in [0.2, 0.25) is 0 Å². The Morgan fingerprint density at radius 2 is 2.21 bits per heavy atom. The predicted molar refractivity (Wildman–Crippen MR) is 58.3 cm³/mol. The van der Waals surface area contributed by atoms with Crippen molar-refractivity contribution in [3.8, 4) is 11.5 Å². The zero-order valence-corrected chi connectivity index (χ0v) is 9.41. The van der Waals surface area contributed by atoms with E-state index >= 15 is 0 Å². The smallest absolute Gasteiger partial charge is 0.134 e. The van der Waals surface area contributed by atoms with Crippen molar-refractivity contribution < 1.29 is 9.84 Å². The van der Waals surface area contributed by atoms with Gasteiger partial charge in [-0.1, -0.05) is 0 Å². The zero-order chi connectivity index (χ0) is 10.7. The van der Waals surface area contributed by atoms with Crippen LogP contribution in [0.1, 0.15) is 11.6 Å². The molecule has 0 radical (unpaired) electrons. The van der Waals surface area contributed by atoms with Crippen molar-refractivity contribution in [3.63, 3.8) is 0 Å². The lowest BCUT2D eigenvalue weighted by molar-refractivity contribution is 0.408. The number of hydrogen-bond acceptors (Lipinski definition) is 4. The Balaban J connectivity index is 3.20. The second-order valence-electron chi connectivity index (χ2n) is 2.89. The third-order valence-corrected chi connectivity index (χ3v) is 2.56. The first-order valence-electron chi connectivity index (χ1n) is 4.12. The predicted octanol–water partition coefficient (Wildman–Crippen LogP) is 1.12. The number of aromatic hydroxyl groups is 1. The first-order valence-corrected chi connectivity index (χ1v) is 4.91. The number of phenols is 1. The summed E-state index contributed by atoms with van der Waals surface area (Å²) in [6.45, 7) is 0.271. The van der Waals surface area contributed by atoms with Gasteiger partial charge >= 0.3 is 0 Å². The van der Waals surface area contributed by atoms with Crippen molar-refractivity contribution >= 4 is 15.9 Å². The third kappa shape index (κ3) is 2.17. The van der Waals surface area contributed by atoms with Gasteiger partial charge in [0.15, 0.2) is 0 Å². The number of nitrogens with two attached hydrogens (primary N) is 2. The number of halogens is 1. The van der Waals surface area contributed by atoms with Gasteiger partial charge in [0.1, 0.15) is 11.5 Å². The summed E-state index contributed by atoms with van der Waals surface area (Å²) in [6, 6.07) is 2.96. The van der Waals surface area contributed by atoms with Gasteiger partial charge in [-0.3, -0.25) is 0 Å². The molecule has 1 aromatic carbocycles. The van der Waals surface area contributed by atoms with Crippen molar-refractivity contribution in [1.29, 1.82) is 0 Å². The van der Waals surface area contributed by atoms with Crippen molar-refractivity contribution in [1.82, 2.24) is 0 Å². The molecule has 1 rings (SSSR count). The fraction of sp³-hybridized carbons (Fsp3) is 0.333. The summed E-state index contributed by atoms with van der Waals surface area (Å²) in [6.07, 6.45) is 0. The summed E-state index contributed by atoms with van der Waals surface area (Å²) >= 11 is 3.21. The van der Waals surface area contributed by atoms with Crippen LogP contribution in [0.4, 0.5) is 0 Å². The lowest BCUT2D eigenvalue weighted by Gasteiger charge is -2.13. The van der Waals surface area contributed by atoms with Crippen LogP contribution in [0, 0.1) is 0 Å². The normalized spacial score (nSPS) is 12.6. The highest BCUT2D eigenvalue weighted by atomic mass is 79.9. The molecule has 0 amide bonds. The summed E-state index contributed by atoms with van der Waals surface area (Å²) in [5, 5.41) is 9.68. The Morgan fingerprint density at radius 1 is 1.57 bits per heavy atom. The molecule has 1 atom stereocenters. The Kier molecular flexibility index (Phi) is 3.74. The fourth-order valence-corrected chi connectivity index (χ4v) is 1.58. The molecule has 0 heterocycles. The number of phenolic OH excluding ortho intramolecular Hbond substituents is 1. The molecule has 0 aromatic heterocycles. The second-order valence-corrected chi connectivity index (χ2v) is 3.74. The minimum absolute atomic E-state index is 0.115. The van der Waals surface area contributed by atoms with Crippen LogP contribution in [-0.4, -0.2) is 18.8 Å². The monoisotopic (exact) mass is 260 g/mol. The lowest BCUT2D eigenvalue weighted by Crippen LogP contribution is -2.20. The highest BCUT2D eigenvalue weighted by Gasteiger charge is 2.13. The molecule has 0 aliphatic heterocycles. The van der Waals surface area contributed by atoms with Gasteiger partial charge in [-0.2, -0.15) is 0 Å². The van der Waals surface area contributed by atoms with Gasteiger partial charge < -0.3 is 21.3 Å². The van der Waals surface area contributed by atoms with E-state index in [1.165, 1.54) is 0 Å². The van der Waals surface area contributed by atoms with Gasteiger partial charge in [0.05, 0.1) is 11.6 Å². The molecule has 1 aromatic rings. The van der Waals surface area contributed by atoms with E-state index < -0.39 is 0 Å². The fourth-order valence-electron chi connectivity index (χ4n) is 1.12. The van der Waals surface area contributed by atoms with Crippen LogP contribution in [0.2, 0.25) is 0 Å². The van der Waals surface area contributed by atoms with E-state index in [-0.39, 0.29) is 18.3 Å². The van der Waals surface area contributed by atoms with E-state index in [4.69, 9.17) is 16.2 Å². The van der Waals surface area contributed by atoms with Crippen LogP contribution in [0.15, 0.2) is 16.6 Å². The maximum atomic E-state index is 9.68. The maximum Gasteiger partial charge on any atom is 0.134 e. The van der Waals surface area contributed by atoms with Crippen LogP contribution in [0.5, 0.6) is 11.5 Å². The molecular formula is C9H13BrN2O2. The maximum absolute atomic E-state index is 9.68. The van der Waals surface area contributed by atoms with Crippen LogP contribution in [0.25, 0.3) is 0 Å². The minimum Gasteiger partial charge on any atom is -0.506 e. The number of ether oxygens (including phenoxy) is 1. The standard InChI is InChI=1S/C9H13BrN2O2/c1-14-5-2-6(8(12)4-11)9(13)7(10)3-5/h2-3,8,13H,4,11-12H2,1H3/t8-/m0/s1. The molecule has 0 bridgehead atoms. The van der Waals surface area contributed by atoms with Gasteiger partial charge in [-0.15, -0.1) is 0 Å². The van der Waals surface area contributed by atoms with Gasteiger partial charge in [-0.05, 0) is 28.1 Å². The van der Waals surface area contributed by atoms with Crippen molar-refractivity contribution in [3.05, 3.63) is 22.2 Å². The average molecular weight is 261 g/mol. The van der Waals surface area contributed by atoms with Crippen molar-refractivity contribution in [2.24, 2.45) is 11.5 Å². The zero-order valence-electron chi connectivity index (χ0n) is 7.83. The van der Waals surface area contributed by atoms with Crippen LogP contribution >= 0.6 is 15.9 Å². The van der Waals surface area contributed by atoms with Gasteiger partial charge in [0, 0.05) is 18.2 Å². The Morgan fingerprint density at radius 3 is 2.71 bits per heavy atom. The summed E-state index contributed by atoms with van der Waals surface area (Å²) < 4.78 is 5.60. The summed E-state index contributed by atoms with van der Waals surface area (Å²) in [4.78, 5) is 0. The van der Waals surface area contributed by atoms with E-state index in [9.17, 15) is 5.11 Å². The van der Waals surface area contributed by atoms with Crippen molar-refractivity contribution in [2.75, 3.05) is 13.7 Å². The lowest BCUT2D eigenvalue weighted by atomic mass is 10.1. The molecule has 0 saturated carbocycles. The quantitative estimate of drug-likeness (QED) is 0.761. The molecule has 14 heavy (non-hydrogen) atoms. The van der Waals surface area contributed by atoms with E-state index in [2.05, 4.69) is 15.9 Å². The SMILES string of the molecule is COc1cc(Br)c(O)c([C@@H](N)CN)c1. The molecule has 4 nitrogen and oxygen atoms in total. The topological polar surface area (TPSA) is 81.5 Å². The molecule has 78 valence electrons. The van der Waals surface area contributed by atoms with E-state index in [1.54, 1.807) is 19.2 Å². The molecule has 5 heteroatoms. The molecule has 0 aliphatic carbocycles. The molecule has 0 fully saturated rings. The van der Waals surface area contributed by atoms with Gasteiger partial charge in [0.25, 0.3) is 0 Å². The first kappa shape index (κ1) is 11.3. The Hall–Kier alpha value is -0.780. The van der Waals surface area contributed by atoms with E-state index in [0.29, 0.717) is 15.8 Å². The Labute approximate surface area is 91.0 Å². The van der Waals surface area contributed by atoms with Crippen LogP contribution < -0.4 is 16.2 Å². The molecule has 0 spiro atoms. The summed E-state index contributed by atoms with van der Waals surface area (Å²) in [5.74, 6) is 0.748. The average Bonchev–Trinajstić information content (AvgIpc) is 2.20. The van der Waals surface area contributed by atoms with E-state index in [0.717, 1.165) is 0 Å². The molecule has 0 saturated heterocycles. The number of methoxy groups -OCH3 is 1. The van der Waals surface area contributed by atoms with Crippen LogP contribution in [-0.2, 0) is 0 Å². The molecule has 0 unspecified atom stereocenters. The summed E-state index contributed by atoms with van der Waals surface area (Å²) in [5.41, 5.74) is 11.7. The molecular weight excluding hydrogens is 248 g/mol. The third-order valence-electron chi connectivity index (χ3n) is 1.96. The largest absolute Gasteiger partial charge is 0.506 e. The van der Waals surface area contributed by atoms with Crippen LogP contribution in [0.3, 0.4) is 0 Å². The molecule has 5 N–H and O–H groups in total. The highest BCUT2D eigenvalue weighted by Crippen LogP contribution is 2.34. The summed E-state index contributed by atoms with van der Waals surface area (Å²) in [7, 11) is 1.55. The van der Waals surface area contributed by atoms with E-state index in [1.807, 2.05) is 0 Å². The van der Waals surface area contributed by atoms with Gasteiger partial charge in [-0.25, -0.2) is 0 Å². The number of hydrogen-bond donors (Lipinski definition) is 3. The number of rotatable bonds is 3. The van der Waals surface area contributed by atoms with Crippen molar-refractivity contribution in [2.45, 2.75) is 6.04 Å². The minimum atomic E-state index is -0.388. The molecule has 0 aliphatic rings. The first-order chi connectivity index (χ1) is 6.60. The Bertz CT molecular complexity index is 331. The highest BCUT2D eigenvalue weighted by molar-refractivity contribution is 9.10. The number of benzene rings is 1. The second kappa shape index (κ2) is 4.63.